The molecule has 0 aliphatic carbocycles. The monoisotopic (exact) mass is 1530 g/mol. The van der Waals surface area contributed by atoms with Gasteiger partial charge in [0.25, 0.3) is 0 Å². The molecule has 0 unspecified atom stereocenters. The molecule has 0 amide bonds. The Hall–Kier alpha value is -16.2. The molecule has 0 aliphatic rings. The molecular formula is C111H71N9. The number of aromatic nitrogens is 9. The lowest BCUT2D eigenvalue weighted by Gasteiger charge is -2.12. The Morgan fingerprint density at radius 2 is 0.467 bits per heavy atom. The first kappa shape index (κ1) is 69.3. The lowest BCUT2D eigenvalue weighted by atomic mass is 10.00. The zero-order valence-electron chi connectivity index (χ0n) is 65.0. The third-order valence-corrected chi connectivity index (χ3v) is 23.6. The van der Waals surface area contributed by atoms with Gasteiger partial charge in [-0.2, -0.15) is 0 Å². The van der Waals surface area contributed by atoms with Crippen LogP contribution in [0.5, 0.6) is 0 Å². The van der Waals surface area contributed by atoms with Crippen LogP contribution in [0.3, 0.4) is 0 Å². The van der Waals surface area contributed by atoms with E-state index in [0.29, 0.717) is 23.3 Å². The number of nitrogens with zero attached hydrogens (tertiary/aromatic N) is 9. The normalized spacial score (nSPS) is 11.7. The Morgan fingerprint density at radius 3 is 0.925 bits per heavy atom. The van der Waals surface area contributed by atoms with E-state index in [9.17, 15) is 0 Å². The maximum atomic E-state index is 5.20. The van der Waals surface area contributed by atoms with Crippen molar-refractivity contribution >= 4 is 109 Å². The molecule has 0 saturated heterocycles. The molecule has 560 valence electrons. The fourth-order valence-electron chi connectivity index (χ4n) is 18.1. The zero-order valence-corrected chi connectivity index (χ0v) is 65.0. The van der Waals surface area contributed by atoms with Crippen LogP contribution in [0.2, 0.25) is 0 Å². The Kier molecular flexibility index (Phi) is 16.7. The highest BCUT2D eigenvalue weighted by molar-refractivity contribution is 6.28. The van der Waals surface area contributed by atoms with Crippen LogP contribution in [-0.2, 0) is 0 Å². The van der Waals surface area contributed by atoms with Crippen molar-refractivity contribution in [3.8, 4) is 113 Å². The van der Waals surface area contributed by atoms with E-state index in [1.165, 1.54) is 87.1 Å². The standard InChI is InChI=1S/C56H36N4.C55H35N5/c1-4-15-37(16-5-1)40-19-14-20-41(33-40)49-36-50(58-56(57-49)39-17-6-2-7-18-39)42-28-27-38-29-30-45(35-43(38)34-42)59-52-26-13-11-24-48(52)54-53(59)32-31-47-46-23-10-12-25-51(46)60(55(47)54)44-21-8-3-9-22-44;1-4-15-36(16-5-1)39-19-14-20-40(33-39)54-56-53(38-17-6-2-7-18-38)57-55(58-54)41-28-27-37-29-30-44(35-42(37)34-41)59-49-26-13-11-24-47(49)51-50(59)32-31-46-45-23-10-12-25-48(45)60(52(46)51)43-21-8-3-9-22-43/h1-36H;1-35H. The van der Waals surface area contributed by atoms with Crippen molar-refractivity contribution in [3.63, 3.8) is 0 Å². The highest BCUT2D eigenvalue weighted by atomic mass is 15.0. The number of para-hydroxylation sites is 6. The van der Waals surface area contributed by atoms with Crippen molar-refractivity contribution in [2.24, 2.45) is 0 Å². The summed E-state index contributed by atoms with van der Waals surface area (Å²) in [6.45, 7) is 0. The molecule has 0 saturated carbocycles. The molecule has 9 heteroatoms. The van der Waals surface area contributed by atoms with Crippen LogP contribution in [0.25, 0.3) is 222 Å². The van der Waals surface area contributed by atoms with Crippen molar-refractivity contribution in [2.45, 2.75) is 0 Å². The third-order valence-electron chi connectivity index (χ3n) is 23.6. The average molecular weight is 1530 g/mol. The second-order valence-corrected chi connectivity index (χ2v) is 30.7. The molecule has 0 bridgehead atoms. The van der Waals surface area contributed by atoms with Gasteiger partial charge in [-0.15, -0.1) is 0 Å². The summed E-state index contributed by atoms with van der Waals surface area (Å²) >= 11 is 0. The Labute approximate surface area is 691 Å². The van der Waals surface area contributed by atoms with Gasteiger partial charge in [0, 0.05) is 99.2 Å². The Bertz CT molecular complexity index is 7650. The summed E-state index contributed by atoms with van der Waals surface area (Å²) in [6, 6.07) is 153. The first-order valence-corrected chi connectivity index (χ1v) is 40.7. The predicted molar refractivity (Wildman–Crippen MR) is 498 cm³/mol. The Morgan fingerprint density at radius 1 is 0.150 bits per heavy atom. The first-order chi connectivity index (χ1) is 59.5. The Balaban J connectivity index is 0.000000140. The van der Waals surface area contributed by atoms with Gasteiger partial charge in [-0.1, -0.05) is 315 Å². The second-order valence-electron chi connectivity index (χ2n) is 30.7. The summed E-state index contributed by atoms with van der Waals surface area (Å²) in [5, 5.41) is 14.5. The lowest BCUT2D eigenvalue weighted by Crippen LogP contribution is -2.00. The van der Waals surface area contributed by atoms with Gasteiger partial charge in [0.1, 0.15) is 0 Å². The van der Waals surface area contributed by atoms with E-state index >= 15 is 0 Å². The van der Waals surface area contributed by atoms with E-state index in [-0.39, 0.29) is 0 Å². The van der Waals surface area contributed by atoms with E-state index in [4.69, 9.17) is 24.9 Å². The number of hydrogen-bond acceptors (Lipinski definition) is 5. The first-order valence-electron chi connectivity index (χ1n) is 40.7. The topological polar surface area (TPSA) is 84.2 Å². The molecule has 120 heavy (non-hydrogen) atoms. The zero-order chi connectivity index (χ0) is 79.1. The van der Waals surface area contributed by atoms with Gasteiger partial charge in [-0.25, -0.2) is 24.9 Å². The predicted octanol–water partition coefficient (Wildman–Crippen LogP) is 28.4. The maximum Gasteiger partial charge on any atom is 0.164 e. The van der Waals surface area contributed by atoms with Crippen molar-refractivity contribution in [1.29, 1.82) is 0 Å². The van der Waals surface area contributed by atoms with Crippen molar-refractivity contribution in [3.05, 3.63) is 431 Å². The van der Waals surface area contributed by atoms with Crippen molar-refractivity contribution in [1.82, 2.24) is 43.2 Å². The van der Waals surface area contributed by atoms with Crippen LogP contribution in [0, 0.1) is 0 Å². The van der Waals surface area contributed by atoms with Gasteiger partial charge in [-0.05, 0) is 159 Å². The molecule has 24 rings (SSSR count). The highest BCUT2D eigenvalue weighted by Gasteiger charge is 2.25. The van der Waals surface area contributed by atoms with Crippen molar-refractivity contribution in [2.75, 3.05) is 0 Å². The van der Waals surface area contributed by atoms with E-state index in [0.717, 1.165) is 111 Å². The van der Waals surface area contributed by atoms with Crippen LogP contribution in [0.4, 0.5) is 0 Å². The van der Waals surface area contributed by atoms with E-state index in [1.807, 2.05) is 42.5 Å². The van der Waals surface area contributed by atoms with Gasteiger partial charge in [0.2, 0.25) is 0 Å². The van der Waals surface area contributed by atoms with Crippen LogP contribution < -0.4 is 0 Å². The third kappa shape index (κ3) is 12.0. The molecule has 6 heterocycles. The molecule has 24 aromatic rings. The molecule has 9 nitrogen and oxygen atoms in total. The molecule has 0 atom stereocenters. The lowest BCUT2D eigenvalue weighted by molar-refractivity contribution is 1.07. The van der Waals surface area contributed by atoms with Crippen LogP contribution in [0.15, 0.2) is 431 Å². The summed E-state index contributed by atoms with van der Waals surface area (Å²) in [4.78, 5) is 25.6. The minimum absolute atomic E-state index is 0.629. The molecule has 6 aromatic heterocycles. The van der Waals surface area contributed by atoms with Crippen LogP contribution in [0.1, 0.15) is 0 Å². The quantitative estimate of drug-likeness (QED) is 0.122. The summed E-state index contributed by atoms with van der Waals surface area (Å²) in [7, 11) is 0. The minimum Gasteiger partial charge on any atom is -0.309 e. The van der Waals surface area contributed by atoms with Gasteiger partial charge in [0.05, 0.1) is 55.5 Å². The molecule has 0 spiro atoms. The van der Waals surface area contributed by atoms with Gasteiger partial charge in [-0.3, -0.25) is 0 Å². The average Bonchev–Trinajstić information content (AvgIpc) is 1.55. The molecule has 0 N–H and O–H groups in total. The second kappa shape index (κ2) is 28.9. The molecule has 0 aliphatic heterocycles. The summed E-state index contributed by atoms with van der Waals surface area (Å²) in [5.41, 5.74) is 26.2. The van der Waals surface area contributed by atoms with Crippen LogP contribution >= 0.6 is 0 Å². The largest absolute Gasteiger partial charge is 0.309 e. The van der Waals surface area contributed by atoms with Crippen LogP contribution in [-0.4, -0.2) is 43.2 Å². The molecular weight excluding hydrogens is 1460 g/mol. The smallest absolute Gasteiger partial charge is 0.164 e. The van der Waals surface area contributed by atoms with Crippen molar-refractivity contribution < 1.29 is 0 Å². The van der Waals surface area contributed by atoms with E-state index in [1.54, 1.807) is 0 Å². The van der Waals surface area contributed by atoms with Gasteiger partial charge >= 0.3 is 0 Å². The summed E-state index contributed by atoms with van der Waals surface area (Å²) < 4.78 is 9.71. The van der Waals surface area contributed by atoms with Gasteiger partial charge < -0.3 is 18.3 Å². The fourth-order valence-corrected chi connectivity index (χ4v) is 18.1. The van der Waals surface area contributed by atoms with E-state index in [2.05, 4.69) is 407 Å². The fraction of sp³-hybridized carbons (Fsp3) is 0. The molecule has 0 radical (unpaired) electrons. The maximum absolute atomic E-state index is 5.20. The summed E-state index contributed by atoms with van der Waals surface area (Å²) in [6.07, 6.45) is 0. The SMILES string of the molecule is c1ccc(-c2cccc(-c3cc(-c4ccc5ccc(-n6c7ccccc7c7c6ccc6c8ccccc8n(-c8ccccc8)c67)cc5c4)nc(-c4ccccc4)n3)c2)cc1.c1ccc(-c2cccc(-c3nc(-c4ccccc4)nc(-c4ccc5ccc(-n6c7ccccc7c7c6ccc6c8ccccc8n(-c8ccccc8)c67)cc5c4)n3)c2)cc1. The number of rotatable bonds is 12. The summed E-state index contributed by atoms with van der Waals surface area (Å²) in [5.74, 6) is 2.60. The van der Waals surface area contributed by atoms with Gasteiger partial charge in [0.15, 0.2) is 23.3 Å². The number of hydrogen-bond donors (Lipinski definition) is 0. The molecule has 18 aromatic carbocycles. The van der Waals surface area contributed by atoms with E-state index < -0.39 is 0 Å². The highest BCUT2D eigenvalue weighted by Crippen LogP contribution is 2.46. The minimum atomic E-state index is 0.629. The number of benzene rings is 18. The molecule has 0 fully saturated rings. The number of fused-ring (bicyclic) bond motifs is 16.